The number of rotatable bonds is 7. The number of carbonyl (C=O) groups excluding carboxylic acids is 2. The number of methoxy groups -OCH3 is 1. The summed E-state index contributed by atoms with van der Waals surface area (Å²) in [7, 11) is 1.70. The van der Waals surface area contributed by atoms with E-state index in [2.05, 4.69) is 30.1 Å². The molecule has 0 aliphatic heterocycles. The Morgan fingerprint density at radius 1 is 1.03 bits per heavy atom. The second-order valence-electron chi connectivity index (χ2n) is 8.29. The van der Waals surface area contributed by atoms with Crippen molar-refractivity contribution in [1.29, 1.82) is 0 Å². The number of anilines is 1. The minimum Gasteiger partial charge on any atom is -0.497 e. The SMILES string of the molecule is COc1ccc(C(C(=O)Nc2ccc([Si](C)(C)C)cc2)N(C)C(=O)c2ccno2)cc1. The lowest BCUT2D eigenvalue weighted by Crippen LogP contribution is -2.39. The summed E-state index contributed by atoms with van der Waals surface area (Å²) in [5.41, 5.74) is 1.32. The van der Waals surface area contributed by atoms with Crippen molar-refractivity contribution in [3.63, 3.8) is 0 Å². The summed E-state index contributed by atoms with van der Waals surface area (Å²) < 4.78 is 10.2. The molecule has 2 aromatic carbocycles. The molecular formula is C23H27N3O4Si. The standard InChI is InChI=1S/C23H27N3O4Si/c1-26(23(28)20-14-15-24-30-20)21(16-6-10-18(29-2)11-7-16)22(27)25-17-8-12-19(13-9-17)31(3,4)5/h6-15,21H,1-5H3,(H,25,27). The van der Waals surface area contributed by atoms with Gasteiger partial charge < -0.3 is 19.5 Å². The average molecular weight is 438 g/mol. The van der Waals surface area contributed by atoms with Gasteiger partial charge in [-0.05, 0) is 29.8 Å². The molecule has 0 saturated carbocycles. The maximum absolute atomic E-state index is 13.3. The quantitative estimate of drug-likeness (QED) is 0.570. The third kappa shape index (κ3) is 5.21. The zero-order valence-electron chi connectivity index (χ0n) is 18.4. The van der Waals surface area contributed by atoms with Gasteiger partial charge in [0, 0.05) is 18.8 Å². The lowest BCUT2D eigenvalue weighted by molar-refractivity contribution is -0.120. The predicted molar refractivity (Wildman–Crippen MR) is 122 cm³/mol. The van der Waals surface area contributed by atoms with Crippen LogP contribution in [0.15, 0.2) is 65.3 Å². The van der Waals surface area contributed by atoms with Crippen molar-refractivity contribution in [2.45, 2.75) is 25.7 Å². The summed E-state index contributed by atoms with van der Waals surface area (Å²) in [5, 5.41) is 7.82. The fourth-order valence-corrected chi connectivity index (χ4v) is 4.39. The summed E-state index contributed by atoms with van der Waals surface area (Å²) in [6.45, 7) is 6.80. The molecule has 162 valence electrons. The molecule has 8 heteroatoms. The number of aromatic nitrogens is 1. The summed E-state index contributed by atoms with van der Waals surface area (Å²) in [4.78, 5) is 27.5. The molecule has 0 saturated heterocycles. The molecule has 1 unspecified atom stereocenters. The van der Waals surface area contributed by atoms with Crippen molar-refractivity contribution in [3.8, 4) is 5.75 Å². The van der Waals surface area contributed by atoms with E-state index in [1.807, 2.05) is 24.3 Å². The van der Waals surface area contributed by atoms with Gasteiger partial charge in [0.25, 0.3) is 11.8 Å². The van der Waals surface area contributed by atoms with E-state index in [1.54, 1.807) is 38.4 Å². The van der Waals surface area contributed by atoms with Crippen LogP contribution < -0.4 is 15.2 Å². The normalized spacial score (nSPS) is 12.2. The van der Waals surface area contributed by atoms with Crippen molar-refractivity contribution in [2.24, 2.45) is 0 Å². The van der Waals surface area contributed by atoms with Gasteiger partial charge in [-0.15, -0.1) is 0 Å². The molecule has 0 spiro atoms. The van der Waals surface area contributed by atoms with Gasteiger partial charge in [0.1, 0.15) is 11.8 Å². The molecule has 2 amide bonds. The van der Waals surface area contributed by atoms with E-state index < -0.39 is 20.0 Å². The molecule has 0 bridgehead atoms. The van der Waals surface area contributed by atoms with Crippen molar-refractivity contribution < 1.29 is 18.8 Å². The summed E-state index contributed by atoms with van der Waals surface area (Å²) in [5.74, 6) is -0.0498. The van der Waals surface area contributed by atoms with Crippen LogP contribution in [0.1, 0.15) is 22.2 Å². The maximum Gasteiger partial charge on any atom is 0.293 e. The largest absolute Gasteiger partial charge is 0.497 e. The second-order valence-corrected chi connectivity index (χ2v) is 13.4. The Labute approximate surface area is 183 Å². The Hall–Kier alpha value is -3.39. The second kappa shape index (κ2) is 9.17. The third-order valence-corrected chi connectivity index (χ3v) is 7.12. The van der Waals surface area contributed by atoms with E-state index in [-0.39, 0.29) is 11.7 Å². The van der Waals surface area contributed by atoms with Crippen molar-refractivity contribution in [3.05, 3.63) is 72.1 Å². The summed E-state index contributed by atoms with van der Waals surface area (Å²) >= 11 is 0. The Morgan fingerprint density at radius 2 is 1.68 bits per heavy atom. The highest BCUT2D eigenvalue weighted by Crippen LogP contribution is 2.25. The van der Waals surface area contributed by atoms with Gasteiger partial charge >= 0.3 is 0 Å². The first kappa shape index (κ1) is 22.3. The topological polar surface area (TPSA) is 84.7 Å². The highest BCUT2D eigenvalue weighted by Gasteiger charge is 2.31. The van der Waals surface area contributed by atoms with Crippen LogP contribution in [0.5, 0.6) is 5.75 Å². The van der Waals surface area contributed by atoms with E-state index in [1.165, 1.54) is 22.3 Å². The number of ether oxygens (including phenoxy) is 1. The first-order valence-electron chi connectivity index (χ1n) is 9.94. The minimum absolute atomic E-state index is 0.0632. The van der Waals surface area contributed by atoms with Crippen molar-refractivity contribution in [2.75, 3.05) is 19.5 Å². The van der Waals surface area contributed by atoms with Crippen LogP contribution in [0, 0.1) is 0 Å². The maximum atomic E-state index is 13.3. The molecule has 0 aliphatic rings. The number of hydrogen-bond acceptors (Lipinski definition) is 5. The number of likely N-dealkylation sites (N-methyl/N-ethyl adjacent to an activating group) is 1. The molecule has 1 atom stereocenters. The predicted octanol–water partition coefficient (Wildman–Crippen LogP) is 3.68. The molecular weight excluding hydrogens is 410 g/mol. The molecule has 31 heavy (non-hydrogen) atoms. The molecule has 3 rings (SSSR count). The Bertz CT molecular complexity index is 1030. The van der Waals surface area contributed by atoms with Crippen LogP contribution in [0.25, 0.3) is 0 Å². The molecule has 1 heterocycles. The van der Waals surface area contributed by atoms with Crippen molar-refractivity contribution in [1.82, 2.24) is 10.1 Å². The molecule has 0 fully saturated rings. The lowest BCUT2D eigenvalue weighted by Gasteiger charge is -2.27. The Morgan fingerprint density at radius 3 is 2.19 bits per heavy atom. The third-order valence-electron chi connectivity index (χ3n) is 5.05. The van der Waals surface area contributed by atoms with E-state index in [0.29, 0.717) is 17.0 Å². The number of benzene rings is 2. The number of amides is 2. The van der Waals surface area contributed by atoms with Crippen LogP contribution >= 0.6 is 0 Å². The molecule has 1 N–H and O–H groups in total. The number of nitrogens with one attached hydrogen (secondary N) is 1. The molecule has 3 aromatic rings. The highest BCUT2D eigenvalue weighted by atomic mass is 28.3. The smallest absolute Gasteiger partial charge is 0.293 e. The Kier molecular flexibility index (Phi) is 6.60. The van der Waals surface area contributed by atoms with E-state index >= 15 is 0 Å². The molecule has 0 aliphatic carbocycles. The molecule has 0 radical (unpaired) electrons. The van der Waals surface area contributed by atoms with Crippen LogP contribution in [0.3, 0.4) is 0 Å². The first-order chi connectivity index (χ1) is 14.7. The van der Waals surface area contributed by atoms with Gasteiger partial charge in [0.2, 0.25) is 5.76 Å². The lowest BCUT2D eigenvalue weighted by atomic mass is 10.0. The van der Waals surface area contributed by atoms with Crippen molar-refractivity contribution >= 4 is 30.8 Å². The first-order valence-corrected chi connectivity index (χ1v) is 13.4. The van der Waals surface area contributed by atoms with Gasteiger partial charge in [-0.2, -0.15) is 0 Å². The number of hydrogen-bond donors (Lipinski definition) is 1. The highest BCUT2D eigenvalue weighted by molar-refractivity contribution is 6.88. The van der Waals surface area contributed by atoms with Gasteiger partial charge in [-0.25, -0.2) is 0 Å². The summed E-state index contributed by atoms with van der Waals surface area (Å²) in [6.07, 6.45) is 1.39. The number of nitrogens with zero attached hydrogens (tertiary/aromatic N) is 2. The van der Waals surface area contributed by atoms with E-state index in [4.69, 9.17) is 9.26 Å². The fourth-order valence-electron chi connectivity index (χ4n) is 3.22. The van der Waals surface area contributed by atoms with E-state index in [9.17, 15) is 9.59 Å². The van der Waals surface area contributed by atoms with Gasteiger partial charge in [-0.3, -0.25) is 9.59 Å². The fraction of sp³-hybridized carbons (Fsp3) is 0.261. The van der Waals surface area contributed by atoms with Crippen LogP contribution in [0.2, 0.25) is 19.6 Å². The zero-order chi connectivity index (χ0) is 22.6. The van der Waals surface area contributed by atoms with Crippen LogP contribution in [-0.4, -0.2) is 44.1 Å². The van der Waals surface area contributed by atoms with Crippen LogP contribution in [0.4, 0.5) is 5.69 Å². The van der Waals surface area contributed by atoms with Gasteiger partial charge in [0.15, 0.2) is 0 Å². The Balaban J connectivity index is 1.89. The van der Waals surface area contributed by atoms with Gasteiger partial charge in [-0.1, -0.05) is 54.2 Å². The van der Waals surface area contributed by atoms with Crippen LogP contribution in [-0.2, 0) is 4.79 Å². The summed E-state index contributed by atoms with van der Waals surface area (Å²) in [6, 6.07) is 15.5. The zero-order valence-corrected chi connectivity index (χ0v) is 19.4. The molecule has 1 aromatic heterocycles. The monoisotopic (exact) mass is 437 g/mol. The molecule has 7 nitrogen and oxygen atoms in total. The minimum atomic E-state index is -1.44. The number of carbonyl (C=O) groups is 2. The van der Waals surface area contributed by atoms with Gasteiger partial charge in [0.05, 0.1) is 21.4 Å². The average Bonchev–Trinajstić information content (AvgIpc) is 3.28. The van der Waals surface area contributed by atoms with E-state index in [0.717, 1.165) is 0 Å².